The highest BCUT2D eigenvalue weighted by Crippen LogP contribution is 2.34. The minimum absolute atomic E-state index is 0.406. The molecule has 0 fully saturated rings. The Bertz CT molecular complexity index is 1280. The molecule has 0 unspecified atom stereocenters. The maximum atomic E-state index is 9.39. The number of aromatic amines is 1. The van der Waals surface area contributed by atoms with Gasteiger partial charge < -0.3 is 15.6 Å². The van der Waals surface area contributed by atoms with E-state index in [1.54, 1.807) is 30.9 Å². The lowest BCUT2D eigenvalue weighted by Crippen LogP contribution is -2.24. The molecule has 0 aliphatic carbocycles. The third-order valence-corrected chi connectivity index (χ3v) is 5.20. The van der Waals surface area contributed by atoms with Crippen molar-refractivity contribution in [2.75, 3.05) is 17.7 Å². The maximum Gasteiger partial charge on any atom is 0.229 e. The lowest BCUT2D eigenvalue weighted by Gasteiger charge is -2.15. The molecule has 30 heavy (non-hydrogen) atoms. The first-order chi connectivity index (χ1) is 14.3. The molecule has 0 amide bonds. The van der Waals surface area contributed by atoms with Crippen molar-refractivity contribution in [1.82, 2.24) is 24.7 Å². The number of anilines is 3. The van der Waals surface area contributed by atoms with Crippen molar-refractivity contribution in [3.05, 3.63) is 47.4 Å². The van der Waals surface area contributed by atoms with E-state index in [0.29, 0.717) is 22.3 Å². The predicted octanol–water partition coefficient (Wildman–Crippen LogP) is 4.83. The van der Waals surface area contributed by atoms with Gasteiger partial charge in [-0.3, -0.25) is 4.68 Å². The first-order valence-corrected chi connectivity index (χ1v) is 9.78. The summed E-state index contributed by atoms with van der Waals surface area (Å²) in [5, 5.41) is 21.5. The Morgan fingerprint density at radius 3 is 2.80 bits per heavy atom. The Morgan fingerprint density at radius 1 is 1.27 bits per heavy atom. The van der Waals surface area contributed by atoms with Gasteiger partial charge in [0.2, 0.25) is 5.95 Å². The van der Waals surface area contributed by atoms with Crippen LogP contribution >= 0.6 is 11.6 Å². The average Bonchev–Trinajstić information content (AvgIpc) is 3.31. The van der Waals surface area contributed by atoms with Crippen LogP contribution in [0.25, 0.3) is 22.3 Å². The molecule has 9 heteroatoms. The molecule has 4 aromatic rings. The smallest absolute Gasteiger partial charge is 0.229 e. The summed E-state index contributed by atoms with van der Waals surface area (Å²) < 4.78 is 1.63. The molecule has 0 radical (unpaired) electrons. The number of nitrogens with one attached hydrogen (secondary N) is 3. The summed E-state index contributed by atoms with van der Waals surface area (Å²) in [6.45, 7) is 5.48. The van der Waals surface area contributed by atoms with Crippen LogP contribution in [0.5, 0.6) is 0 Å². The summed E-state index contributed by atoms with van der Waals surface area (Å²) in [4.78, 5) is 12.4. The van der Waals surface area contributed by atoms with Gasteiger partial charge in [0.25, 0.3) is 0 Å². The maximum absolute atomic E-state index is 9.39. The van der Waals surface area contributed by atoms with Gasteiger partial charge in [-0.2, -0.15) is 15.3 Å². The Morgan fingerprint density at radius 2 is 2.07 bits per heavy atom. The lowest BCUT2D eigenvalue weighted by molar-refractivity contribution is 0.416. The summed E-state index contributed by atoms with van der Waals surface area (Å²) in [6, 6.07) is 10.2. The van der Waals surface area contributed by atoms with E-state index in [-0.39, 0.29) is 0 Å². The highest BCUT2D eigenvalue weighted by molar-refractivity contribution is 6.36. The summed E-state index contributed by atoms with van der Waals surface area (Å²) in [7, 11) is 1.87. The molecule has 3 heterocycles. The van der Waals surface area contributed by atoms with E-state index < -0.39 is 5.54 Å². The number of aromatic nitrogens is 5. The quantitative estimate of drug-likeness (QED) is 0.427. The number of benzene rings is 1. The summed E-state index contributed by atoms with van der Waals surface area (Å²) in [6.07, 6.45) is 3.49. The van der Waals surface area contributed by atoms with Crippen LogP contribution in [0, 0.1) is 18.3 Å². The summed E-state index contributed by atoms with van der Waals surface area (Å²) in [5.74, 6) is 0.406. The molecule has 4 rings (SSSR count). The number of nitriles is 1. The summed E-state index contributed by atoms with van der Waals surface area (Å²) in [5.41, 5.74) is 3.93. The second-order valence-corrected chi connectivity index (χ2v) is 7.86. The molecule has 0 spiro atoms. The fourth-order valence-corrected chi connectivity index (χ4v) is 3.36. The fourth-order valence-electron chi connectivity index (χ4n) is 3.12. The van der Waals surface area contributed by atoms with Crippen molar-refractivity contribution in [3.63, 3.8) is 0 Å². The Labute approximate surface area is 178 Å². The highest BCUT2D eigenvalue weighted by Gasteiger charge is 2.22. The molecular formula is C21H21ClN8. The average molecular weight is 421 g/mol. The van der Waals surface area contributed by atoms with Gasteiger partial charge in [-0.25, -0.2) is 4.98 Å². The molecule has 3 N–H and O–H groups in total. The molecule has 0 aliphatic rings. The first-order valence-electron chi connectivity index (χ1n) is 9.40. The largest absolute Gasteiger partial charge is 0.388 e. The van der Waals surface area contributed by atoms with Crippen LogP contribution in [0.2, 0.25) is 5.02 Å². The van der Waals surface area contributed by atoms with Crippen molar-refractivity contribution >= 4 is 40.0 Å². The number of H-pyrrole nitrogens is 1. The van der Waals surface area contributed by atoms with E-state index in [1.165, 1.54) is 0 Å². The molecule has 0 saturated carbocycles. The molecule has 8 nitrogen and oxygen atoms in total. The van der Waals surface area contributed by atoms with Gasteiger partial charge in [0.1, 0.15) is 11.2 Å². The fraction of sp³-hybridized carbons (Fsp3) is 0.238. The Kier molecular flexibility index (Phi) is 4.84. The van der Waals surface area contributed by atoms with Gasteiger partial charge in [0.05, 0.1) is 39.8 Å². The van der Waals surface area contributed by atoms with Crippen LogP contribution < -0.4 is 10.6 Å². The van der Waals surface area contributed by atoms with Crippen LogP contribution in [-0.2, 0) is 5.54 Å². The first kappa shape index (κ1) is 19.7. The SMILES string of the molecule is CNc1cccc(-c2nc(Nc3cn(C(C)(C)C#N)nc3C)nc3[nH]cc(Cl)c23)c1. The van der Waals surface area contributed by atoms with Crippen molar-refractivity contribution < 1.29 is 0 Å². The van der Waals surface area contributed by atoms with Crippen molar-refractivity contribution in [3.8, 4) is 17.3 Å². The monoisotopic (exact) mass is 420 g/mol. The standard InChI is InChI=1S/C21H21ClN8/c1-12-16(10-30(29-12)21(2,3)11-23)26-20-27-18(13-6-5-7-14(8-13)24-4)17-15(22)9-25-19(17)28-20/h5-10,24H,1-4H3,(H2,25,26,27,28). The van der Waals surface area contributed by atoms with Gasteiger partial charge in [-0.1, -0.05) is 23.7 Å². The Hall–Kier alpha value is -3.57. The molecule has 0 saturated heterocycles. The molecule has 152 valence electrons. The number of rotatable bonds is 5. The van der Waals surface area contributed by atoms with Crippen molar-refractivity contribution in [2.45, 2.75) is 26.3 Å². The van der Waals surface area contributed by atoms with Gasteiger partial charge >= 0.3 is 0 Å². The third kappa shape index (κ3) is 3.44. The van der Waals surface area contributed by atoms with E-state index in [2.05, 4.69) is 31.8 Å². The molecule has 1 aromatic carbocycles. The molecule has 0 atom stereocenters. The van der Waals surface area contributed by atoms with E-state index in [9.17, 15) is 5.26 Å². The van der Waals surface area contributed by atoms with Gasteiger partial charge in [0.15, 0.2) is 0 Å². The van der Waals surface area contributed by atoms with Crippen molar-refractivity contribution in [1.29, 1.82) is 5.26 Å². The minimum atomic E-state index is -0.763. The minimum Gasteiger partial charge on any atom is -0.388 e. The third-order valence-electron chi connectivity index (χ3n) is 4.90. The molecule has 3 aromatic heterocycles. The van der Waals surface area contributed by atoms with Crippen LogP contribution in [0.15, 0.2) is 36.7 Å². The lowest BCUT2D eigenvalue weighted by atomic mass is 10.1. The second-order valence-electron chi connectivity index (χ2n) is 7.46. The topological polar surface area (TPSA) is 107 Å². The van der Waals surface area contributed by atoms with E-state index >= 15 is 0 Å². The molecule has 0 bridgehead atoms. The number of nitrogens with zero attached hydrogens (tertiary/aromatic N) is 5. The van der Waals surface area contributed by atoms with Gasteiger partial charge in [0, 0.05) is 24.5 Å². The number of halogens is 1. The van der Waals surface area contributed by atoms with Gasteiger partial charge in [-0.15, -0.1) is 0 Å². The number of aryl methyl sites for hydroxylation is 1. The van der Waals surface area contributed by atoms with Crippen LogP contribution in [0.4, 0.5) is 17.3 Å². The van der Waals surface area contributed by atoms with Crippen LogP contribution in [0.3, 0.4) is 0 Å². The number of hydrogen-bond donors (Lipinski definition) is 3. The van der Waals surface area contributed by atoms with E-state index in [1.807, 2.05) is 38.2 Å². The molecular weight excluding hydrogens is 400 g/mol. The zero-order valence-electron chi connectivity index (χ0n) is 17.1. The number of hydrogen-bond acceptors (Lipinski definition) is 6. The zero-order chi connectivity index (χ0) is 21.5. The number of fused-ring (bicyclic) bond motifs is 1. The Balaban J connectivity index is 1.81. The zero-order valence-corrected chi connectivity index (χ0v) is 17.8. The van der Waals surface area contributed by atoms with Crippen LogP contribution in [-0.4, -0.2) is 31.8 Å². The van der Waals surface area contributed by atoms with E-state index in [4.69, 9.17) is 16.6 Å². The van der Waals surface area contributed by atoms with E-state index in [0.717, 1.165) is 28.0 Å². The van der Waals surface area contributed by atoms with Crippen LogP contribution in [0.1, 0.15) is 19.5 Å². The predicted molar refractivity (Wildman–Crippen MR) is 119 cm³/mol. The highest BCUT2D eigenvalue weighted by atomic mass is 35.5. The molecule has 0 aliphatic heterocycles. The normalized spacial score (nSPS) is 11.5. The van der Waals surface area contributed by atoms with Gasteiger partial charge in [-0.05, 0) is 32.9 Å². The van der Waals surface area contributed by atoms with Crippen molar-refractivity contribution in [2.24, 2.45) is 0 Å². The second kappa shape index (κ2) is 7.35. The summed E-state index contributed by atoms with van der Waals surface area (Å²) >= 11 is 6.42.